The van der Waals surface area contributed by atoms with Crippen LogP contribution in [0.2, 0.25) is 0 Å². The highest BCUT2D eigenvalue weighted by atomic mass is 16.5. The van der Waals surface area contributed by atoms with Crippen molar-refractivity contribution < 1.29 is 14.1 Å². The van der Waals surface area contributed by atoms with Crippen LogP contribution in [0.15, 0.2) is 16.9 Å². The van der Waals surface area contributed by atoms with E-state index in [1.807, 2.05) is 0 Å². The molecule has 1 aromatic rings. The summed E-state index contributed by atoms with van der Waals surface area (Å²) in [6.45, 7) is 2.06. The van der Waals surface area contributed by atoms with Crippen LogP contribution in [0, 0.1) is 0 Å². The Morgan fingerprint density at radius 2 is 2.73 bits per heavy atom. The molecule has 1 heterocycles. The summed E-state index contributed by atoms with van der Waals surface area (Å²) in [5, 5.41) is 5.81. The summed E-state index contributed by atoms with van der Waals surface area (Å²) in [7, 11) is 0. The third kappa shape index (κ3) is 2.29. The Hall–Kier alpha value is -1.52. The van der Waals surface area contributed by atoms with E-state index in [2.05, 4.69) is 19.7 Å². The number of nitrogens with zero attached hydrogens (tertiary/aromatic N) is 1. The van der Waals surface area contributed by atoms with Gasteiger partial charge in [0.15, 0.2) is 5.82 Å². The summed E-state index contributed by atoms with van der Waals surface area (Å²) in [6, 6.07) is 1.52. The molecule has 0 aromatic carbocycles. The first-order valence-corrected chi connectivity index (χ1v) is 3.17. The second-order valence-corrected chi connectivity index (χ2v) is 1.73. The molecule has 0 spiro atoms. The predicted molar refractivity (Wildman–Crippen MR) is 37.1 cm³/mol. The molecular formula is C6H8N2O3. The number of amides is 1. The maximum absolute atomic E-state index is 10.7. The zero-order chi connectivity index (χ0) is 8.10. The fourth-order valence-electron chi connectivity index (χ4n) is 0.549. The number of nitrogens with one attached hydrogen (secondary N) is 1. The first-order valence-electron chi connectivity index (χ1n) is 3.17. The van der Waals surface area contributed by atoms with Crippen LogP contribution in [0.5, 0.6) is 0 Å². The third-order valence-electron chi connectivity index (χ3n) is 0.943. The highest BCUT2D eigenvalue weighted by Crippen LogP contribution is 2.00. The van der Waals surface area contributed by atoms with Crippen molar-refractivity contribution in [2.75, 3.05) is 11.9 Å². The van der Waals surface area contributed by atoms with Gasteiger partial charge in [-0.25, -0.2) is 4.79 Å². The Morgan fingerprint density at radius 3 is 3.27 bits per heavy atom. The summed E-state index contributed by atoms with van der Waals surface area (Å²) < 4.78 is 9.06. The first-order chi connectivity index (χ1) is 5.33. The number of carbonyl (C=O) groups excluding carboxylic acids is 1. The molecule has 0 atom stereocenters. The molecule has 0 radical (unpaired) electrons. The SMILES string of the molecule is CCOC(=O)Nc1ccon1. The maximum atomic E-state index is 10.7. The second kappa shape index (κ2) is 3.60. The molecule has 11 heavy (non-hydrogen) atoms. The van der Waals surface area contributed by atoms with Gasteiger partial charge in [-0.3, -0.25) is 5.32 Å². The van der Waals surface area contributed by atoms with Crippen molar-refractivity contribution in [3.63, 3.8) is 0 Å². The van der Waals surface area contributed by atoms with E-state index >= 15 is 0 Å². The van der Waals surface area contributed by atoms with E-state index in [4.69, 9.17) is 0 Å². The normalized spacial score (nSPS) is 9.18. The predicted octanol–water partition coefficient (Wildman–Crippen LogP) is 1.24. The average molecular weight is 156 g/mol. The van der Waals surface area contributed by atoms with Gasteiger partial charge in [-0.1, -0.05) is 5.16 Å². The molecule has 0 bridgehead atoms. The van der Waals surface area contributed by atoms with Crippen LogP contribution >= 0.6 is 0 Å². The molecule has 0 fully saturated rings. The van der Waals surface area contributed by atoms with E-state index < -0.39 is 6.09 Å². The lowest BCUT2D eigenvalue weighted by atomic mass is 10.6. The van der Waals surface area contributed by atoms with Crippen molar-refractivity contribution in [3.05, 3.63) is 12.3 Å². The Labute approximate surface area is 63.3 Å². The second-order valence-electron chi connectivity index (χ2n) is 1.73. The van der Waals surface area contributed by atoms with Gasteiger partial charge < -0.3 is 9.26 Å². The highest BCUT2D eigenvalue weighted by molar-refractivity contribution is 5.82. The van der Waals surface area contributed by atoms with E-state index in [0.29, 0.717) is 12.4 Å². The van der Waals surface area contributed by atoms with Crippen LogP contribution in [0.1, 0.15) is 6.92 Å². The Bertz CT molecular complexity index is 220. The summed E-state index contributed by atoms with van der Waals surface area (Å²) in [5.41, 5.74) is 0. The molecule has 0 saturated carbocycles. The van der Waals surface area contributed by atoms with Gasteiger partial charge >= 0.3 is 6.09 Å². The van der Waals surface area contributed by atoms with Crippen LogP contribution in [-0.2, 0) is 4.74 Å². The lowest BCUT2D eigenvalue weighted by Crippen LogP contribution is -2.13. The number of aromatic nitrogens is 1. The smallest absolute Gasteiger partial charge is 0.412 e. The van der Waals surface area contributed by atoms with E-state index in [1.54, 1.807) is 6.92 Å². The molecule has 1 N–H and O–H groups in total. The van der Waals surface area contributed by atoms with Crippen molar-refractivity contribution in [1.29, 1.82) is 0 Å². The highest BCUT2D eigenvalue weighted by Gasteiger charge is 2.02. The van der Waals surface area contributed by atoms with Crippen LogP contribution in [0.25, 0.3) is 0 Å². The van der Waals surface area contributed by atoms with E-state index in [1.165, 1.54) is 12.3 Å². The molecule has 0 aliphatic rings. The monoisotopic (exact) mass is 156 g/mol. The van der Waals surface area contributed by atoms with Gasteiger partial charge in [0.1, 0.15) is 6.26 Å². The van der Waals surface area contributed by atoms with Crippen molar-refractivity contribution in [1.82, 2.24) is 5.16 Å². The Morgan fingerprint density at radius 1 is 1.91 bits per heavy atom. The molecule has 60 valence electrons. The van der Waals surface area contributed by atoms with E-state index in [-0.39, 0.29) is 0 Å². The zero-order valence-electron chi connectivity index (χ0n) is 6.03. The molecule has 5 heteroatoms. The van der Waals surface area contributed by atoms with Gasteiger partial charge in [0.2, 0.25) is 0 Å². The fraction of sp³-hybridized carbons (Fsp3) is 0.333. The van der Waals surface area contributed by atoms with Crippen LogP contribution in [-0.4, -0.2) is 17.9 Å². The summed E-state index contributed by atoms with van der Waals surface area (Å²) in [4.78, 5) is 10.7. The summed E-state index contributed by atoms with van der Waals surface area (Å²) in [6.07, 6.45) is 0.836. The minimum absolute atomic E-state index is 0.337. The molecule has 1 aromatic heterocycles. The van der Waals surface area contributed by atoms with Crippen LogP contribution in [0.4, 0.5) is 10.6 Å². The number of rotatable bonds is 2. The third-order valence-corrected chi connectivity index (χ3v) is 0.943. The number of anilines is 1. The lowest BCUT2D eigenvalue weighted by Gasteiger charge is -1.99. The largest absolute Gasteiger partial charge is 0.450 e. The van der Waals surface area contributed by atoms with Gasteiger partial charge in [-0.15, -0.1) is 0 Å². The maximum Gasteiger partial charge on any atom is 0.412 e. The lowest BCUT2D eigenvalue weighted by molar-refractivity contribution is 0.167. The van der Waals surface area contributed by atoms with Gasteiger partial charge in [-0.05, 0) is 6.92 Å². The number of carbonyl (C=O) groups is 1. The number of ether oxygens (including phenoxy) is 1. The molecule has 0 aliphatic carbocycles. The quantitative estimate of drug-likeness (QED) is 0.699. The molecule has 0 saturated heterocycles. The zero-order valence-corrected chi connectivity index (χ0v) is 6.03. The summed E-state index contributed by atoms with van der Waals surface area (Å²) in [5.74, 6) is 0.350. The molecule has 0 aliphatic heterocycles. The number of hydrogen-bond acceptors (Lipinski definition) is 4. The van der Waals surface area contributed by atoms with Gasteiger partial charge in [0, 0.05) is 6.07 Å². The minimum atomic E-state index is -0.526. The fourth-order valence-corrected chi connectivity index (χ4v) is 0.549. The molecule has 5 nitrogen and oxygen atoms in total. The van der Waals surface area contributed by atoms with Crippen LogP contribution in [0.3, 0.4) is 0 Å². The van der Waals surface area contributed by atoms with Gasteiger partial charge in [-0.2, -0.15) is 0 Å². The molecule has 0 unspecified atom stereocenters. The molecular weight excluding hydrogens is 148 g/mol. The van der Waals surface area contributed by atoms with Gasteiger partial charge in [0.05, 0.1) is 6.61 Å². The van der Waals surface area contributed by atoms with Crippen molar-refractivity contribution in [2.45, 2.75) is 6.92 Å². The molecule has 1 rings (SSSR count). The first kappa shape index (κ1) is 7.59. The van der Waals surface area contributed by atoms with E-state index in [9.17, 15) is 4.79 Å². The van der Waals surface area contributed by atoms with Gasteiger partial charge in [0.25, 0.3) is 0 Å². The van der Waals surface area contributed by atoms with E-state index in [0.717, 1.165) is 0 Å². The minimum Gasteiger partial charge on any atom is -0.450 e. The van der Waals surface area contributed by atoms with Crippen molar-refractivity contribution in [3.8, 4) is 0 Å². The van der Waals surface area contributed by atoms with Crippen LogP contribution < -0.4 is 5.32 Å². The molecule has 1 amide bonds. The Balaban J connectivity index is 2.37. The number of hydrogen-bond donors (Lipinski definition) is 1. The summed E-state index contributed by atoms with van der Waals surface area (Å²) >= 11 is 0. The van der Waals surface area contributed by atoms with Crippen molar-refractivity contribution in [2.24, 2.45) is 0 Å². The Kier molecular flexibility index (Phi) is 2.48. The standard InChI is InChI=1S/C6H8N2O3/c1-2-10-6(9)7-5-3-4-11-8-5/h3-4H,2H2,1H3,(H,7,8,9). The topological polar surface area (TPSA) is 64.4 Å². The average Bonchev–Trinajstić information content (AvgIpc) is 2.40. The van der Waals surface area contributed by atoms with Crippen molar-refractivity contribution >= 4 is 11.9 Å².